The van der Waals surface area contributed by atoms with Crippen molar-refractivity contribution in [3.05, 3.63) is 71.2 Å². The number of nitrogens with zero attached hydrogens (tertiary/aromatic N) is 6. The van der Waals surface area contributed by atoms with Gasteiger partial charge >= 0.3 is 6.18 Å². The Morgan fingerprint density at radius 2 is 1.69 bits per heavy atom. The fraction of sp³-hybridized carbons (Fsp3) is 0.190. The number of halogens is 3. The molecule has 0 aliphatic carbocycles. The third kappa shape index (κ3) is 4.82. The van der Waals surface area contributed by atoms with E-state index in [9.17, 15) is 13.2 Å². The minimum absolute atomic E-state index is 0.121. The molecule has 0 spiro atoms. The highest BCUT2D eigenvalue weighted by atomic mass is 19.4. The van der Waals surface area contributed by atoms with Gasteiger partial charge < -0.3 is 10.1 Å². The number of aryl methyl sites for hydroxylation is 3. The maximum atomic E-state index is 13.1. The molecule has 4 aromatic rings. The van der Waals surface area contributed by atoms with Crippen LogP contribution in [0.3, 0.4) is 0 Å². The quantitative estimate of drug-likeness (QED) is 0.469. The topological polar surface area (TPSA) is 90.6 Å². The summed E-state index contributed by atoms with van der Waals surface area (Å²) in [5, 5.41) is 15.1. The zero-order valence-electron chi connectivity index (χ0n) is 17.3. The fourth-order valence-corrected chi connectivity index (χ4v) is 2.92. The largest absolute Gasteiger partial charge is 0.419 e. The minimum atomic E-state index is -4.46. The van der Waals surface area contributed by atoms with Crippen LogP contribution in [0.15, 0.2) is 48.5 Å². The molecule has 0 fully saturated rings. The van der Waals surface area contributed by atoms with E-state index in [4.69, 9.17) is 4.74 Å². The van der Waals surface area contributed by atoms with E-state index in [0.29, 0.717) is 0 Å². The zero-order chi connectivity index (χ0) is 22.9. The summed E-state index contributed by atoms with van der Waals surface area (Å²) in [5.74, 6) is 0.730. The molecule has 0 saturated heterocycles. The van der Waals surface area contributed by atoms with Gasteiger partial charge in [-0.2, -0.15) is 33.3 Å². The van der Waals surface area contributed by atoms with Gasteiger partial charge in [-0.05, 0) is 51.1 Å². The molecule has 0 radical (unpaired) electrons. The van der Waals surface area contributed by atoms with Gasteiger partial charge in [0.15, 0.2) is 0 Å². The first kappa shape index (κ1) is 21.2. The second kappa shape index (κ2) is 8.25. The van der Waals surface area contributed by atoms with Gasteiger partial charge in [0.2, 0.25) is 11.8 Å². The van der Waals surface area contributed by atoms with Gasteiger partial charge in [0.1, 0.15) is 5.82 Å². The molecule has 0 aliphatic heterocycles. The Bertz CT molecular complexity index is 1250. The Morgan fingerprint density at radius 3 is 2.34 bits per heavy atom. The molecule has 3 heterocycles. The van der Waals surface area contributed by atoms with Crippen molar-refractivity contribution in [1.29, 1.82) is 0 Å². The summed E-state index contributed by atoms with van der Waals surface area (Å²) in [6.45, 7) is 5.45. The number of anilines is 2. The van der Waals surface area contributed by atoms with Crippen molar-refractivity contribution in [2.75, 3.05) is 5.32 Å². The second-order valence-corrected chi connectivity index (χ2v) is 7.05. The fourth-order valence-electron chi connectivity index (χ4n) is 2.92. The summed E-state index contributed by atoms with van der Waals surface area (Å²) in [7, 11) is 0. The van der Waals surface area contributed by atoms with Crippen LogP contribution in [0.2, 0.25) is 0 Å². The third-order valence-corrected chi connectivity index (χ3v) is 4.33. The van der Waals surface area contributed by atoms with Gasteiger partial charge in [0.25, 0.3) is 5.95 Å². The van der Waals surface area contributed by atoms with Crippen LogP contribution in [-0.4, -0.2) is 29.9 Å². The van der Waals surface area contributed by atoms with E-state index < -0.39 is 11.7 Å². The number of alkyl halides is 3. The van der Waals surface area contributed by atoms with Crippen LogP contribution < -0.4 is 10.1 Å². The third-order valence-electron chi connectivity index (χ3n) is 4.33. The molecular formula is C21H18F3N7O. The summed E-state index contributed by atoms with van der Waals surface area (Å²) in [5.41, 5.74) is 1.69. The van der Waals surface area contributed by atoms with Gasteiger partial charge in [-0.3, -0.25) is 0 Å². The molecule has 8 nitrogen and oxygen atoms in total. The molecule has 0 atom stereocenters. The van der Waals surface area contributed by atoms with Crippen molar-refractivity contribution >= 4 is 11.5 Å². The number of nitrogens with one attached hydrogen (secondary N) is 1. The molecule has 4 rings (SSSR count). The summed E-state index contributed by atoms with van der Waals surface area (Å²) in [6, 6.07) is 11.5. The lowest BCUT2D eigenvalue weighted by atomic mass is 10.2. The average molecular weight is 441 g/mol. The standard InChI is InChI=1S/C21H18F3N7O/c1-12-7-8-18(29-28-12)32-19-11-17(25-16-6-4-5-15(10-16)21(22,23)24)26-20(27-19)31-14(3)9-13(2)30-31/h4-11H,1-3H3,(H,25,26,27). The zero-order valence-corrected chi connectivity index (χ0v) is 17.3. The molecule has 11 heteroatoms. The Hall–Kier alpha value is -4.02. The number of ether oxygens (including phenoxy) is 1. The SMILES string of the molecule is Cc1ccc(Oc2cc(Nc3cccc(C(F)(F)F)c3)nc(-n3nc(C)cc3C)n2)nn1. The smallest absolute Gasteiger partial charge is 0.416 e. The molecule has 0 bridgehead atoms. The van der Waals surface area contributed by atoms with E-state index in [2.05, 4.69) is 30.6 Å². The maximum Gasteiger partial charge on any atom is 0.416 e. The monoisotopic (exact) mass is 441 g/mol. The van der Waals surface area contributed by atoms with E-state index >= 15 is 0 Å². The Morgan fingerprint density at radius 1 is 0.875 bits per heavy atom. The van der Waals surface area contributed by atoms with Crippen LogP contribution in [0.1, 0.15) is 22.6 Å². The van der Waals surface area contributed by atoms with E-state index in [0.717, 1.165) is 29.2 Å². The lowest BCUT2D eigenvalue weighted by molar-refractivity contribution is -0.137. The van der Waals surface area contributed by atoms with Crippen LogP contribution in [0, 0.1) is 20.8 Å². The first-order valence-corrected chi connectivity index (χ1v) is 9.52. The Labute approximate surface area is 181 Å². The molecule has 0 aliphatic rings. The van der Waals surface area contributed by atoms with Crippen molar-refractivity contribution in [1.82, 2.24) is 29.9 Å². The predicted octanol–water partition coefficient (Wildman–Crippen LogP) is 4.93. The van der Waals surface area contributed by atoms with E-state index in [1.807, 2.05) is 19.9 Å². The van der Waals surface area contributed by atoms with Gasteiger partial charge in [-0.15, -0.1) is 5.10 Å². The van der Waals surface area contributed by atoms with Gasteiger partial charge in [-0.1, -0.05) is 6.07 Å². The van der Waals surface area contributed by atoms with Gasteiger partial charge in [-0.25, -0.2) is 4.68 Å². The van der Waals surface area contributed by atoms with Crippen molar-refractivity contribution < 1.29 is 17.9 Å². The molecule has 32 heavy (non-hydrogen) atoms. The highest BCUT2D eigenvalue weighted by Gasteiger charge is 2.30. The number of rotatable bonds is 5. The average Bonchev–Trinajstić information content (AvgIpc) is 3.07. The maximum absolute atomic E-state index is 13.1. The van der Waals surface area contributed by atoms with Crippen molar-refractivity contribution in [3.63, 3.8) is 0 Å². The van der Waals surface area contributed by atoms with Crippen molar-refractivity contribution in [2.24, 2.45) is 0 Å². The van der Waals surface area contributed by atoms with E-state index in [1.165, 1.54) is 22.9 Å². The molecule has 0 unspecified atom stereocenters. The van der Waals surface area contributed by atoms with Crippen LogP contribution in [0.5, 0.6) is 11.8 Å². The molecule has 1 N–H and O–H groups in total. The van der Waals surface area contributed by atoms with Crippen LogP contribution in [-0.2, 0) is 6.18 Å². The summed E-state index contributed by atoms with van der Waals surface area (Å²) in [4.78, 5) is 8.77. The molecular weight excluding hydrogens is 423 g/mol. The van der Waals surface area contributed by atoms with Crippen molar-refractivity contribution in [2.45, 2.75) is 26.9 Å². The molecule has 164 valence electrons. The van der Waals surface area contributed by atoms with Crippen LogP contribution in [0.25, 0.3) is 5.95 Å². The van der Waals surface area contributed by atoms with Gasteiger partial charge in [0, 0.05) is 23.5 Å². The summed E-state index contributed by atoms with van der Waals surface area (Å²) in [6.07, 6.45) is -4.46. The minimum Gasteiger partial charge on any atom is -0.419 e. The number of benzene rings is 1. The lowest BCUT2D eigenvalue weighted by Crippen LogP contribution is -2.09. The number of aromatic nitrogens is 6. The first-order valence-electron chi connectivity index (χ1n) is 9.52. The first-order chi connectivity index (χ1) is 15.2. The van der Waals surface area contributed by atoms with E-state index in [-0.39, 0.29) is 29.2 Å². The number of hydrogen-bond donors (Lipinski definition) is 1. The Kier molecular flexibility index (Phi) is 5.47. The lowest BCUT2D eigenvalue weighted by Gasteiger charge is -2.12. The highest BCUT2D eigenvalue weighted by molar-refractivity contribution is 5.59. The molecule has 0 saturated carbocycles. The predicted molar refractivity (Wildman–Crippen MR) is 110 cm³/mol. The Balaban J connectivity index is 1.73. The second-order valence-electron chi connectivity index (χ2n) is 7.05. The summed E-state index contributed by atoms with van der Waals surface area (Å²) < 4.78 is 46.5. The van der Waals surface area contributed by atoms with E-state index in [1.54, 1.807) is 19.1 Å². The highest BCUT2D eigenvalue weighted by Crippen LogP contribution is 2.32. The molecule has 1 aromatic carbocycles. The van der Waals surface area contributed by atoms with Crippen LogP contribution >= 0.6 is 0 Å². The van der Waals surface area contributed by atoms with Gasteiger partial charge in [0.05, 0.1) is 17.0 Å². The van der Waals surface area contributed by atoms with Crippen LogP contribution in [0.4, 0.5) is 24.7 Å². The molecule has 3 aromatic heterocycles. The molecule has 0 amide bonds. The number of hydrogen-bond acceptors (Lipinski definition) is 7. The summed E-state index contributed by atoms with van der Waals surface area (Å²) >= 11 is 0. The van der Waals surface area contributed by atoms with Crippen molar-refractivity contribution in [3.8, 4) is 17.7 Å². The normalized spacial score (nSPS) is 11.4.